The standard InChI is InChI=1S/C15H20ClN3O2.C8H8ClNO3.C7H14N2/c1-21-14-7-12(17)11(16)6-10(14)15(20)18-13-8-19-4-2-9(13)3-5-19;1-13-7-3-6(10)5(9)2-4(7)8(11)12;8-7-5-9-3-1-6(7)2-4-9/h6-7,9,13H,2-5,8,17H2,1H3,(H,18,20);2-3H,10H2,1H3,(H,11,12);6-7H,1-5,8H2/t13-;;7-/m0.0/s1. The van der Waals surface area contributed by atoms with E-state index in [1.165, 1.54) is 52.3 Å². The number of rotatable bonds is 5. The molecular weight excluding hydrogens is 595 g/mol. The number of nitrogen functional groups attached to an aromatic ring is 2. The SMILES string of the molecule is COc1cc(N)c(Cl)cc1C(=O)N[C@H]1CN2CCC1CC2.COc1cc(N)c(Cl)cc1C(=O)O.N[C@H]1CN2CCC1CC2. The number of carboxylic acids is 1. The molecule has 6 heterocycles. The zero-order valence-corrected chi connectivity index (χ0v) is 26.2. The van der Waals surface area contributed by atoms with Crippen LogP contribution in [0.1, 0.15) is 46.4 Å². The van der Waals surface area contributed by atoms with E-state index in [2.05, 4.69) is 15.1 Å². The van der Waals surface area contributed by atoms with E-state index in [1.54, 1.807) is 12.1 Å². The fourth-order valence-electron chi connectivity index (χ4n) is 6.21. The number of methoxy groups -OCH3 is 2. The fourth-order valence-corrected chi connectivity index (χ4v) is 6.53. The molecule has 6 fully saturated rings. The van der Waals surface area contributed by atoms with Gasteiger partial charge in [-0.1, -0.05) is 23.2 Å². The molecule has 0 aliphatic carbocycles. The maximum Gasteiger partial charge on any atom is 0.339 e. The first kappa shape index (κ1) is 32.9. The van der Waals surface area contributed by atoms with Gasteiger partial charge < -0.3 is 46.9 Å². The number of carbonyl (C=O) groups excluding carboxylic acids is 1. The van der Waals surface area contributed by atoms with E-state index in [1.807, 2.05) is 0 Å². The number of piperidine rings is 6. The summed E-state index contributed by atoms with van der Waals surface area (Å²) in [6, 6.07) is 6.51. The Bertz CT molecular complexity index is 1300. The Morgan fingerprint density at radius 3 is 1.65 bits per heavy atom. The van der Waals surface area contributed by atoms with Crippen molar-refractivity contribution in [3.8, 4) is 11.5 Å². The van der Waals surface area contributed by atoms with Gasteiger partial charge in [0.15, 0.2) is 0 Å². The molecule has 8 rings (SSSR count). The number of hydrogen-bond donors (Lipinski definition) is 5. The number of benzene rings is 2. The Hall–Kier alpha value is -2.96. The molecule has 236 valence electrons. The van der Waals surface area contributed by atoms with Crippen LogP contribution in [0, 0.1) is 11.8 Å². The fraction of sp³-hybridized carbons (Fsp3) is 0.533. The molecule has 2 aromatic carbocycles. The predicted octanol–water partition coefficient (Wildman–Crippen LogP) is 3.42. The van der Waals surface area contributed by atoms with Crippen LogP contribution < -0.4 is 32.0 Å². The van der Waals surface area contributed by atoms with Crippen molar-refractivity contribution in [1.29, 1.82) is 0 Å². The number of carboxylic acid groups (broad SMARTS) is 1. The zero-order valence-electron chi connectivity index (χ0n) is 24.7. The lowest BCUT2D eigenvalue weighted by atomic mass is 9.84. The number of amides is 1. The summed E-state index contributed by atoms with van der Waals surface area (Å²) in [5, 5.41) is 12.4. The molecule has 6 saturated heterocycles. The van der Waals surface area contributed by atoms with Gasteiger partial charge in [0.1, 0.15) is 17.1 Å². The van der Waals surface area contributed by atoms with E-state index in [0.29, 0.717) is 39.7 Å². The number of anilines is 2. The van der Waals surface area contributed by atoms with Gasteiger partial charge in [-0.25, -0.2) is 4.79 Å². The van der Waals surface area contributed by atoms with Gasteiger partial charge in [-0.2, -0.15) is 0 Å². The van der Waals surface area contributed by atoms with Crippen molar-refractivity contribution in [2.24, 2.45) is 17.6 Å². The van der Waals surface area contributed by atoms with Crippen LogP contribution in [-0.4, -0.2) is 92.4 Å². The van der Waals surface area contributed by atoms with Gasteiger partial charge in [0.25, 0.3) is 5.91 Å². The van der Waals surface area contributed by atoms with E-state index < -0.39 is 5.97 Å². The largest absolute Gasteiger partial charge is 0.496 e. The van der Waals surface area contributed by atoms with Crippen molar-refractivity contribution in [1.82, 2.24) is 15.1 Å². The summed E-state index contributed by atoms with van der Waals surface area (Å²) in [5.41, 5.74) is 18.2. The van der Waals surface area contributed by atoms with Crippen LogP contribution in [0.2, 0.25) is 10.0 Å². The molecule has 0 unspecified atom stereocenters. The predicted molar refractivity (Wildman–Crippen MR) is 169 cm³/mol. The minimum absolute atomic E-state index is 0.00157. The minimum atomic E-state index is -1.10. The first-order valence-corrected chi connectivity index (χ1v) is 15.3. The molecule has 2 aromatic rings. The first-order valence-electron chi connectivity index (χ1n) is 14.5. The normalized spacial score (nSPS) is 26.7. The molecule has 0 radical (unpaired) electrons. The second-order valence-corrected chi connectivity index (χ2v) is 12.3. The summed E-state index contributed by atoms with van der Waals surface area (Å²) in [6.07, 6.45) is 5.01. The molecule has 2 atom stereocenters. The summed E-state index contributed by atoms with van der Waals surface area (Å²) < 4.78 is 10.1. The summed E-state index contributed by atoms with van der Waals surface area (Å²) in [5.74, 6) is 0.848. The molecule has 4 bridgehead atoms. The second kappa shape index (κ2) is 14.7. The van der Waals surface area contributed by atoms with Gasteiger partial charge in [0.05, 0.1) is 41.2 Å². The number of nitrogens with one attached hydrogen (secondary N) is 1. The van der Waals surface area contributed by atoms with Gasteiger partial charge >= 0.3 is 5.97 Å². The third-order valence-corrected chi connectivity index (χ3v) is 9.45. The summed E-state index contributed by atoms with van der Waals surface area (Å²) in [7, 11) is 2.89. The average molecular weight is 638 g/mol. The smallest absolute Gasteiger partial charge is 0.339 e. The van der Waals surface area contributed by atoms with Crippen molar-refractivity contribution in [3.63, 3.8) is 0 Å². The number of nitrogens with zero attached hydrogens (tertiary/aromatic N) is 2. The maximum absolute atomic E-state index is 12.5. The molecule has 1 amide bonds. The third kappa shape index (κ3) is 8.16. The summed E-state index contributed by atoms with van der Waals surface area (Å²) >= 11 is 11.7. The highest BCUT2D eigenvalue weighted by molar-refractivity contribution is 6.34. The molecule has 6 aliphatic heterocycles. The average Bonchev–Trinajstić information content (AvgIpc) is 3.01. The van der Waals surface area contributed by atoms with Gasteiger partial charge in [-0.15, -0.1) is 0 Å². The molecule has 0 aromatic heterocycles. The summed E-state index contributed by atoms with van der Waals surface area (Å²) in [6.45, 7) is 6.99. The van der Waals surface area contributed by atoms with Crippen molar-refractivity contribution in [3.05, 3.63) is 45.4 Å². The molecule has 11 nitrogen and oxygen atoms in total. The van der Waals surface area contributed by atoms with E-state index in [0.717, 1.165) is 44.9 Å². The zero-order chi connectivity index (χ0) is 31.3. The highest BCUT2D eigenvalue weighted by Gasteiger charge is 2.35. The number of halogens is 2. The van der Waals surface area contributed by atoms with Crippen LogP contribution in [0.25, 0.3) is 0 Å². The second-order valence-electron chi connectivity index (χ2n) is 11.5. The number of hydrogen-bond acceptors (Lipinski definition) is 9. The topological polar surface area (TPSA) is 169 Å². The van der Waals surface area contributed by atoms with Crippen molar-refractivity contribution < 1.29 is 24.2 Å². The van der Waals surface area contributed by atoms with Gasteiger partial charge in [0, 0.05) is 37.3 Å². The van der Waals surface area contributed by atoms with E-state index in [4.69, 9.17) is 55.0 Å². The lowest BCUT2D eigenvalue weighted by molar-refractivity contribution is 0.0618. The van der Waals surface area contributed by atoms with Gasteiger partial charge in [0.2, 0.25) is 0 Å². The third-order valence-electron chi connectivity index (χ3n) is 8.79. The highest BCUT2D eigenvalue weighted by Crippen LogP contribution is 2.31. The monoisotopic (exact) mass is 636 g/mol. The van der Waals surface area contributed by atoms with Crippen molar-refractivity contribution in [2.75, 3.05) is 65.0 Å². The van der Waals surface area contributed by atoms with Crippen LogP contribution in [0.5, 0.6) is 11.5 Å². The lowest BCUT2D eigenvalue weighted by Crippen LogP contribution is -2.57. The Labute approximate surface area is 262 Å². The quantitative estimate of drug-likeness (QED) is 0.306. The van der Waals surface area contributed by atoms with Crippen LogP contribution in [0.15, 0.2) is 24.3 Å². The van der Waals surface area contributed by atoms with Crippen molar-refractivity contribution in [2.45, 2.75) is 37.8 Å². The number of carbonyl (C=O) groups is 2. The van der Waals surface area contributed by atoms with Gasteiger partial charge in [-0.05, 0) is 75.8 Å². The Kier molecular flexibility index (Phi) is 11.2. The van der Waals surface area contributed by atoms with E-state index >= 15 is 0 Å². The van der Waals surface area contributed by atoms with Crippen LogP contribution in [0.3, 0.4) is 0 Å². The molecule has 8 N–H and O–H groups in total. The Balaban J connectivity index is 0.000000163. The molecule has 6 aliphatic rings. The first-order chi connectivity index (χ1) is 20.5. The number of aromatic carboxylic acids is 1. The Morgan fingerprint density at radius 1 is 0.814 bits per heavy atom. The number of fused-ring (bicyclic) bond motifs is 6. The lowest BCUT2D eigenvalue weighted by Gasteiger charge is -2.44. The molecule has 43 heavy (non-hydrogen) atoms. The summed E-state index contributed by atoms with van der Waals surface area (Å²) in [4.78, 5) is 28.1. The van der Waals surface area contributed by atoms with E-state index in [9.17, 15) is 9.59 Å². The van der Waals surface area contributed by atoms with Gasteiger partial charge in [-0.3, -0.25) is 4.79 Å². The van der Waals surface area contributed by atoms with Crippen molar-refractivity contribution >= 4 is 46.5 Å². The number of ether oxygens (including phenoxy) is 2. The highest BCUT2D eigenvalue weighted by atomic mass is 35.5. The molecule has 0 saturated carbocycles. The van der Waals surface area contributed by atoms with Crippen LogP contribution in [-0.2, 0) is 0 Å². The van der Waals surface area contributed by atoms with Crippen LogP contribution >= 0.6 is 23.2 Å². The van der Waals surface area contributed by atoms with E-state index in [-0.39, 0.29) is 28.3 Å². The van der Waals surface area contributed by atoms with Crippen LogP contribution in [0.4, 0.5) is 11.4 Å². The molecule has 13 heteroatoms. The maximum atomic E-state index is 12.5. The minimum Gasteiger partial charge on any atom is -0.496 e. The molecular formula is C30H42Cl2N6O5. The molecule has 0 spiro atoms. The number of nitrogens with two attached hydrogens (primary N) is 3. The Morgan fingerprint density at radius 2 is 1.28 bits per heavy atom.